The Bertz CT molecular complexity index is 390. The quantitative estimate of drug-likeness (QED) is 0.595. The van der Waals surface area contributed by atoms with Crippen molar-refractivity contribution in [2.45, 2.75) is 52.9 Å². The first-order valence-corrected chi connectivity index (χ1v) is 6.72. The van der Waals surface area contributed by atoms with E-state index in [1.165, 1.54) is 0 Å². The molecular weight excluding hydrogens is 240 g/mol. The average Bonchev–Trinajstić information content (AvgIpc) is 2.26. The van der Waals surface area contributed by atoms with Crippen LogP contribution in [0.15, 0.2) is 30.3 Å². The van der Waals surface area contributed by atoms with Gasteiger partial charge in [0.05, 0.1) is 11.2 Å². The molecule has 0 aliphatic heterocycles. The summed E-state index contributed by atoms with van der Waals surface area (Å²) in [7, 11) is 0. The van der Waals surface area contributed by atoms with Crippen molar-refractivity contribution in [3.63, 3.8) is 0 Å². The molecule has 1 unspecified atom stereocenters. The smallest absolute Gasteiger partial charge is 0.340 e. The van der Waals surface area contributed by atoms with Gasteiger partial charge in [-0.3, -0.25) is 0 Å². The topological polar surface area (TPSA) is 35.5 Å². The minimum Gasteiger partial charge on any atom is -0.432 e. The molecule has 0 heterocycles. The fourth-order valence-electron chi connectivity index (χ4n) is 1.66. The predicted octanol–water partition coefficient (Wildman–Crippen LogP) is 4.03. The van der Waals surface area contributed by atoms with Crippen molar-refractivity contribution in [2.24, 2.45) is 5.92 Å². The summed E-state index contributed by atoms with van der Waals surface area (Å²) < 4.78 is 11.3. The van der Waals surface area contributed by atoms with Crippen LogP contribution in [0.1, 0.15) is 51.4 Å². The van der Waals surface area contributed by atoms with Crippen LogP contribution in [0.25, 0.3) is 0 Å². The van der Waals surface area contributed by atoms with Gasteiger partial charge in [0.15, 0.2) is 0 Å². The molecule has 0 aliphatic rings. The lowest BCUT2D eigenvalue weighted by molar-refractivity contribution is -0.174. The van der Waals surface area contributed by atoms with Crippen LogP contribution in [0.3, 0.4) is 0 Å². The number of hydrogen-bond donors (Lipinski definition) is 0. The van der Waals surface area contributed by atoms with E-state index in [4.69, 9.17) is 9.47 Å². The molecule has 0 fully saturated rings. The normalized spacial score (nSPS) is 13.4. The number of hydrogen-bond acceptors (Lipinski definition) is 3. The van der Waals surface area contributed by atoms with Gasteiger partial charge in [-0.1, -0.05) is 32.0 Å². The standard InChI is InChI=1S/C16H24O3/c1-12(2)11-14(19-16(3,4)5)18-15(17)13-9-7-6-8-10-13/h6-10,12,14H,11H2,1-5H3. The number of carbonyl (C=O) groups excluding carboxylic acids is 1. The lowest BCUT2D eigenvalue weighted by Crippen LogP contribution is -2.32. The molecule has 0 spiro atoms. The minimum absolute atomic E-state index is 0.337. The lowest BCUT2D eigenvalue weighted by atomic mass is 10.1. The van der Waals surface area contributed by atoms with E-state index in [1.54, 1.807) is 12.1 Å². The van der Waals surface area contributed by atoms with Crippen molar-refractivity contribution in [3.05, 3.63) is 35.9 Å². The van der Waals surface area contributed by atoms with Gasteiger partial charge < -0.3 is 9.47 Å². The van der Waals surface area contributed by atoms with Crippen LogP contribution in [-0.4, -0.2) is 17.9 Å². The van der Waals surface area contributed by atoms with Crippen molar-refractivity contribution < 1.29 is 14.3 Å². The van der Waals surface area contributed by atoms with Crippen molar-refractivity contribution in [1.29, 1.82) is 0 Å². The van der Waals surface area contributed by atoms with Crippen LogP contribution in [0.4, 0.5) is 0 Å². The van der Waals surface area contributed by atoms with Crippen LogP contribution in [-0.2, 0) is 9.47 Å². The van der Waals surface area contributed by atoms with Gasteiger partial charge in [0.1, 0.15) is 0 Å². The summed E-state index contributed by atoms with van der Waals surface area (Å²) in [5, 5.41) is 0. The summed E-state index contributed by atoms with van der Waals surface area (Å²) in [6.07, 6.45) is 0.184. The highest BCUT2D eigenvalue weighted by atomic mass is 16.7. The Hall–Kier alpha value is -1.35. The number of ether oxygens (including phenoxy) is 2. The number of benzene rings is 1. The third-order valence-electron chi connectivity index (χ3n) is 2.40. The molecule has 19 heavy (non-hydrogen) atoms. The average molecular weight is 264 g/mol. The Labute approximate surface area is 115 Å². The SMILES string of the molecule is CC(C)CC(OC(=O)c1ccccc1)OC(C)(C)C. The summed E-state index contributed by atoms with van der Waals surface area (Å²) in [5.74, 6) is 0.0615. The number of carbonyl (C=O) groups is 1. The Balaban J connectivity index is 2.69. The second kappa shape index (κ2) is 6.71. The highest BCUT2D eigenvalue weighted by molar-refractivity contribution is 5.89. The zero-order chi connectivity index (χ0) is 14.5. The van der Waals surface area contributed by atoms with Crippen LogP contribution in [0.5, 0.6) is 0 Å². The Kier molecular flexibility index (Phi) is 5.55. The highest BCUT2D eigenvalue weighted by Crippen LogP contribution is 2.19. The van der Waals surface area contributed by atoms with Crippen molar-refractivity contribution in [1.82, 2.24) is 0 Å². The first-order chi connectivity index (χ1) is 8.78. The molecule has 0 saturated carbocycles. The van der Waals surface area contributed by atoms with E-state index < -0.39 is 6.29 Å². The largest absolute Gasteiger partial charge is 0.432 e. The van der Waals surface area contributed by atoms with Crippen LogP contribution >= 0.6 is 0 Å². The van der Waals surface area contributed by atoms with Gasteiger partial charge in [0.2, 0.25) is 6.29 Å². The number of esters is 1. The molecule has 106 valence electrons. The summed E-state index contributed by atoms with van der Waals surface area (Å²) in [6, 6.07) is 8.99. The molecule has 1 atom stereocenters. The maximum Gasteiger partial charge on any atom is 0.340 e. The van der Waals surface area contributed by atoms with Gasteiger partial charge in [-0.25, -0.2) is 4.79 Å². The summed E-state index contributed by atoms with van der Waals surface area (Å²) in [5.41, 5.74) is 0.213. The second-order valence-electron chi connectivity index (χ2n) is 6.06. The van der Waals surface area contributed by atoms with Crippen LogP contribution < -0.4 is 0 Å². The van der Waals surface area contributed by atoms with E-state index in [9.17, 15) is 4.79 Å². The van der Waals surface area contributed by atoms with Gasteiger partial charge in [0.25, 0.3) is 0 Å². The zero-order valence-corrected chi connectivity index (χ0v) is 12.5. The summed E-state index contributed by atoms with van der Waals surface area (Å²) in [6.45, 7) is 10.0. The third-order valence-corrected chi connectivity index (χ3v) is 2.40. The molecule has 1 aromatic carbocycles. The molecule has 3 heteroatoms. The molecule has 1 aromatic rings. The molecule has 0 N–H and O–H groups in total. The van der Waals surface area contributed by atoms with Gasteiger partial charge in [-0.2, -0.15) is 0 Å². The monoisotopic (exact) mass is 264 g/mol. The predicted molar refractivity (Wildman–Crippen MR) is 75.9 cm³/mol. The Morgan fingerprint density at radius 3 is 2.21 bits per heavy atom. The van der Waals surface area contributed by atoms with Crippen LogP contribution in [0, 0.1) is 5.92 Å². The van der Waals surface area contributed by atoms with E-state index in [1.807, 2.05) is 39.0 Å². The summed E-state index contributed by atoms with van der Waals surface area (Å²) in [4.78, 5) is 12.0. The van der Waals surface area contributed by atoms with Gasteiger partial charge in [-0.15, -0.1) is 0 Å². The van der Waals surface area contributed by atoms with E-state index in [0.29, 0.717) is 17.9 Å². The van der Waals surface area contributed by atoms with Gasteiger partial charge in [-0.05, 0) is 38.8 Å². The van der Waals surface area contributed by atoms with Crippen molar-refractivity contribution >= 4 is 5.97 Å². The highest BCUT2D eigenvalue weighted by Gasteiger charge is 2.23. The first-order valence-electron chi connectivity index (χ1n) is 6.72. The van der Waals surface area contributed by atoms with Gasteiger partial charge in [0, 0.05) is 6.42 Å². The Morgan fingerprint density at radius 2 is 1.74 bits per heavy atom. The van der Waals surface area contributed by atoms with Crippen molar-refractivity contribution in [3.8, 4) is 0 Å². The van der Waals surface area contributed by atoms with E-state index in [-0.39, 0.29) is 11.6 Å². The molecular formula is C16H24O3. The lowest BCUT2D eigenvalue weighted by Gasteiger charge is -2.28. The first kappa shape index (κ1) is 15.7. The molecule has 0 aliphatic carbocycles. The molecule has 1 rings (SSSR count). The molecule has 3 nitrogen and oxygen atoms in total. The maximum absolute atomic E-state index is 12.0. The third kappa shape index (κ3) is 6.39. The molecule has 0 amide bonds. The van der Waals surface area contributed by atoms with E-state index >= 15 is 0 Å². The molecule has 0 saturated heterocycles. The van der Waals surface area contributed by atoms with Gasteiger partial charge >= 0.3 is 5.97 Å². The second-order valence-corrected chi connectivity index (χ2v) is 6.06. The molecule has 0 radical (unpaired) electrons. The molecule has 0 aromatic heterocycles. The van der Waals surface area contributed by atoms with Crippen molar-refractivity contribution in [2.75, 3.05) is 0 Å². The minimum atomic E-state index is -0.507. The summed E-state index contributed by atoms with van der Waals surface area (Å²) >= 11 is 0. The maximum atomic E-state index is 12.0. The van der Waals surface area contributed by atoms with Crippen LogP contribution in [0.2, 0.25) is 0 Å². The fourth-order valence-corrected chi connectivity index (χ4v) is 1.66. The van der Waals surface area contributed by atoms with E-state index in [0.717, 1.165) is 0 Å². The molecule has 0 bridgehead atoms. The zero-order valence-electron chi connectivity index (χ0n) is 12.5. The fraction of sp³-hybridized carbons (Fsp3) is 0.562. The number of rotatable bonds is 5. The Morgan fingerprint density at radius 1 is 1.16 bits per heavy atom. The van der Waals surface area contributed by atoms with E-state index in [2.05, 4.69) is 13.8 Å².